The van der Waals surface area contributed by atoms with Crippen LogP contribution in [0.1, 0.15) is 40.9 Å². The van der Waals surface area contributed by atoms with Crippen molar-refractivity contribution in [2.75, 3.05) is 37.6 Å². The standard InChI is InChI=1S/C37H34ClF5N4O6/c38-25-10-8-23(9-11-25)19-28(44-34(50)32-21-30(48)27-20-26(12-13-31(27)52-32)53-37(42,43)36(39,40)41)35(51)46-17-15-45(16-18-46)29-6-2-1-5-24(29)22-47-14-4-3-7-33(47)49/h1-2,5-6,8-13,20-21,28H,3-4,7,14-19,22H2,(H,44,50)/t28-/m1/s1. The summed E-state index contributed by atoms with van der Waals surface area (Å²) in [6.07, 6.45) is -9.06. The number of piperidine rings is 1. The van der Waals surface area contributed by atoms with Crippen LogP contribution in [0.4, 0.5) is 27.6 Å². The zero-order valence-electron chi connectivity index (χ0n) is 28.1. The summed E-state index contributed by atoms with van der Waals surface area (Å²) in [6.45, 7) is 2.83. The fourth-order valence-corrected chi connectivity index (χ4v) is 6.50. The molecule has 280 valence electrons. The lowest BCUT2D eigenvalue weighted by atomic mass is 10.0. The SMILES string of the molecule is O=C(N[C@H](Cc1ccc(Cl)cc1)C(=O)N1CCN(c2ccccc2CN2CCCCC2=O)CC1)c1cc(=O)c2cc(OC(F)(F)C(F)(F)F)ccc2o1. The van der Waals surface area contributed by atoms with E-state index in [1.807, 2.05) is 29.2 Å². The number of piperazine rings is 1. The molecule has 2 fully saturated rings. The second-order valence-corrected chi connectivity index (χ2v) is 13.3. The van der Waals surface area contributed by atoms with E-state index < -0.39 is 52.5 Å². The number of hydrogen-bond donors (Lipinski definition) is 1. The number of benzene rings is 3. The molecule has 10 nitrogen and oxygen atoms in total. The first-order valence-electron chi connectivity index (χ1n) is 16.8. The van der Waals surface area contributed by atoms with Crippen LogP contribution < -0.4 is 20.4 Å². The summed E-state index contributed by atoms with van der Waals surface area (Å²) in [5.74, 6) is -2.65. The Hall–Kier alpha value is -5.18. The van der Waals surface area contributed by atoms with Crippen LogP contribution >= 0.6 is 11.6 Å². The van der Waals surface area contributed by atoms with Crippen LogP contribution in [0.25, 0.3) is 11.0 Å². The van der Waals surface area contributed by atoms with Crippen LogP contribution in [0, 0.1) is 0 Å². The number of carbonyl (C=O) groups excluding carboxylic acids is 3. The monoisotopic (exact) mass is 760 g/mol. The molecule has 0 radical (unpaired) electrons. The number of halogens is 6. The molecule has 0 saturated carbocycles. The van der Waals surface area contributed by atoms with Gasteiger partial charge in [-0.25, -0.2) is 0 Å². The lowest BCUT2D eigenvalue weighted by Gasteiger charge is -2.39. The number of anilines is 1. The first kappa shape index (κ1) is 37.6. The molecule has 2 saturated heterocycles. The molecule has 6 rings (SSSR count). The summed E-state index contributed by atoms with van der Waals surface area (Å²) in [4.78, 5) is 58.5. The predicted molar refractivity (Wildman–Crippen MR) is 185 cm³/mol. The number of ether oxygens (including phenoxy) is 1. The first-order valence-corrected chi connectivity index (χ1v) is 17.2. The van der Waals surface area contributed by atoms with Gasteiger partial charge >= 0.3 is 12.3 Å². The Morgan fingerprint density at radius 1 is 0.887 bits per heavy atom. The van der Waals surface area contributed by atoms with Crippen molar-refractivity contribution in [1.29, 1.82) is 0 Å². The Bertz CT molecular complexity index is 2050. The third-order valence-corrected chi connectivity index (χ3v) is 9.41. The second kappa shape index (κ2) is 15.4. The minimum absolute atomic E-state index is 0.0561. The van der Waals surface area contributed by atoms with Crippen molar-refractivity contribution in [3.63, 3.8) is 0 Å². The third kappa shape index (κ3) is 8.73. The van der Waals surface area contributed by atoms with E-state index in [0.29, 0.717) is 62.3 Å². The van der Waals surface area contributed by atoms with Gasteiger partial charge in [-0.3, -0.25) is 19.2 Å². The fraction of sp³-hybridized carbons (Fsp3) is 0.351. The highest BCUT2D eigenvalue weighted by Gasteiger charge is 2.61. The summed E-state index contributed by atoms with van der Waals surface area (Å²) in [6, 6.07) is 16.5. The largest absolute Gasteiger partial charge is 0.499 e. The van der Waals surface area contributed by atoms with Gasteiger partial charge in [0.15, 0.2) is 11.2 Å². The number of nitrogens with one attached hydrogen (secondary N) is 1. The number of likely N-dealkylation sites (tertiary alicyclic amines) is 1. The molecule has 1 N–H and O–H groups in total. The van der Waals surface area contributed by atoms with Gasteiger partial charge in [0.25, 0.3) is 5.91 Å². The molecule has 0 aliphatic carbocycles. The average molecular weight is 761 g/mol. The minimum Gasteiger partial charge on any atom is -0.451 e. The van der Waals surface area contributed by atoms with Crippen molar-refractivity contribution in [3.05, 3.63) is 105 Å². The molecule has 3 aromatic carbocycles. The van der Waals surface area contributed by atoms with Crippen molar-refractivity contribution in [2.24, 2.45) is 0 Å². The Kier molecular flexibility index (Phi) is 10.9. The predicted octanol–water partition coefficient (Wildman–Crippen LogP) is 6.18. The fourth-order valence-electron chi connectivity index (χ4n) is 6.38. The van der Waals surface area contributed by atoms with E-state index in [1.165, 1.54) is 0 Å². The number of carbonyl (C=O) groups is 3. The smallest absolute Gasteiger partial charge is 0.451 e. The van der Waals surface area contributed by atoms with E-state index in [4.69, 9.17) is 16.0 Å². The number of fused-ring (bicyclic) bond motifs is 1. The van der Waals surface area contributed by atoms with E-state index >= 15 is 0 Å². The quantitative estimate of drug-likeness (QED) is 0.192. The van der Waals surface area contributed by atoms with Gasteiger partial charge in [0.1, 0.15) is 17.4 Å². The van der Waals surface area contributed by atoms with Gasteiger partial charge in [-0.1, -0.05) is 41.9 Å². The first-order chi connectivity index (χ1) is 25.2. The van der Waals surface area contributed by atoms with E-state index in [1.54, 1.807) is 29.2 Å². The second-order valence-electron chi connectivity index (χ2n) is 12.8. The molecule has 1 atom stereocenters. The molecule has 0 spiro atoms. The molecule has 3 amide bonds. The van der Waals surface area contributed by atoms with Crippen molar-refractivity contribution >= 4 is 46.0 Å². The molecular formula is C37H34ClF5N4O6. The number of para-hydroxylation sites is 1. The highest BCUT2D eigenvalue weighted by molar-refractivity contribution is 6.30. The molecule has 0 unspecified atom stereocenters. The van der Waals surface area contributed by atoms with Gasteiger partial charge in [0.05, 0.1) is 5.39 Å². The highest BCUT2D eigenvalue weighted by Crippen LogP contribution is 2.37. The van der Waals surface area contributed by atoms with Crippen LogP contribution in [0.3, 0.4) is 0 Å². The van der Waals surface area contributed by atoms with E-state index in [9.17, 15) is 41.1 Å². The van der Waals surface area contributed by atoms with Crippen LogP contribution in [-0.2, 0) is 22.6 Å². The molecule has 4 aromatic rings. The van der Waals surface area contributed by atoms with Gasteiger partial charge in [0, 0.05) is 68.9 Å². The van der Waals surface area contributed by atoms with Crippen molar-refractivity contribution in [2.45, 2.75) is 50.6 Å². The van der Waals surface area contributed by atoms with Crippen LogP contribution in [0.2, 0.25) is 5.02 Å². The lowest BCUT2D eigenvalue weighted by molar-refractivity contribution is -0.360. The van der Waals surface area contributed by atoms with Crippen molar-refractivity contribution in [1.82, 2.24) is 15.1 Å². The maximum absolute atomic E-state index is 14.0. The van der Waals surface area contributed by atoms with Gasteiger partial charge in [-0.05, 0) is 60.4 Å². The number of nitrogens with zero attached hydrogens (tertiary/aromatic N) is 3. The number of amides is 3. The van der Waals surface area contributed by atoms with Crippen LogP contribution in [0.15, 0.2) is 82.0 Å². The summed E-state index contributed by atoms with van der Waals surface area (Å²) in [5.41, 5.74) is 1.46. The number of rotatable bonds is 10. The number of alkyl halides is 5. The van der Waals surface area contributed by atoms with E-state index in [0.717, 1.165) is 42.3 Å². The zero-order chi connectivity index (χ0) is 37.9. The maximum atomic E-state index is 14.0. The highest BCUT2D eigenvalue weighted by atomic mass is 35.5. The summed E-state index contributed by atoms with van der Waals surface area (Å²) in [7, 11) is 0. The molecular weight excluding hydrogens is 727 g/mol. The normalized spacial score (nSPS) is 16.1. The third-order valence-electron chi connectivity index (χ3n) is 9.16. The van der Waals surface area contributed by atoms with Crippen LogP contribution in [-0.4, -0.2) is 78.6 Å². The lowest BCUT2D eigenvalue weighted by Crippen LogP contribution is -2.55. The Balaban J connectivity index is 1.17. The van der Waals surface area contributed by atoms with Crippen molar-refractivity contribution in [3.8, 4) is 5.75 Å². The van der Waals surface area contributed by atoms with Gasteiger partial charge < -0.3 is 29.2 Å². The summed E-state index contributed by atoms with van der Waals surface area (Å²) in [5, 5.41) is 2.71. The van der Waals surface area contributed by atoms with Gasteiger partial charge in [0.2, 0.25) is 11.8 Å². The number of hydrogen-bond acceptors (Lipinski definition) is 7. The van der Waals surface area contributed by atoms with Crippen molar-refractivity contribution < 1.29 is 45.5 Å². The average Bonchev–Trinajstić information content (AvgIpc) is 3.13. The van der Waals surface area contributed by atoms with E-state index in [-0.39, 0.29) is 17.9 Å². The molecule has 53 heavy (non-hydrogen) atoms. The molecule has 1 aromatic heterocycles. The molecule has 16 heteroatoms. The summed E-state index contributed by atoms with van der Waals surface area (Å²) < 4.78 is 74.1. The molecule has 0 bridgehead atoms. The zero-order valence-corrected chi connectivity index (χ0v) is 28.9. The topological polar surface area (TPSA) is 112 Å². The van der Waals surface area contributed by atoms with Gasteiger partial charge in [-0.15, -0.1) is 0 Å². The van der Waals surface area contributed by atoms with E-state index in [2.05, 4.69) is 15.0 Å². The van der Waals surface area contributed by atoms with Crippen LogP contribution in [0.5, 0.6) is 5.75 Å². The maximum Gasteiger partial charge on any atom is 0.499 e. The van der Waals surface area contributed by atoms with Gasteiger partial charge in [-0.2, -0.15) is 22.0 Å². The molecule has 2 aliphatic rings. The molecule has 3 heterocycles. The Morgan fingerprint density at radius 3 is 2.30 bits per heavy atom. The minimum atomic E-state index is -6.00. The Labute approximate surface area is 305 Å². The Morgan fingerprint density at radius 2 is 1.60 bits per heavy atom. The summed E-state index contributed by atoms with van der Waals surface area (Å²) >= 11 is 6.05. The molecule has 2 aliphatic heterocycles.